The lowest BCUT2D eigenvalue weighted by molar-refractivity contribution is 0.439. The van der Waals surface area contributed by atoms with Crippen LogP contribution in [0.1, 0.15) is 58.1 Å². The molecular weight excluding hydrogens is 249 g/mol. The van der Waals surface area contributed by atoms with E-state index in [1.165, 1.54) is 25.3 Å². The molecule has 0 saturated heterocycles. The van der Waals surface area contributed by atoms with Gasteiger partial charge in [0, 0.05) is 12.1 Å². The van der Waals surface area contributed by atoms with Crippen molar-refractivity contribution in [3.05, 3.63) is 34.6 Å². The van der Waals surface area contributed by atoms with Gasteiger partial charge in [0.1, 0.15) is 5.82 Å². The lowest BCUT2D eigenvalue weighted by Gasteiger charge is -2.20. The first-order chi connectivity index (χ1) is 8.54. The van der Waals surface area contributed by atoms with E-state index >= 15 is 0 Å². The first-order valence-corrected chi connectivity index (χ1v) is 7.13. The Morgan fingerprint density at radius 3 is 2.61 bits per heavy atom. The van der Waals surface area contributed by atoms with Gasteiger partial charge in [0.05, 0.1) is 5.02 Å². The van der Waals surface area contributed by atoms with Crippen molar-refractivity contribution in [2.75, 3.05) is 0 Å². The van der Waals surface area contributed by atoms with Crippen molar-refractivity contribution in [2.45, 2.75) is 58.5 Å². The minimum atomic E-state index is -0.346. The molecule has 18 heavy (non-hydrogen) atoms. The number of nitrogens with one attached hydrogen (secondary N) is 1. The Labute approximate surface area is 115 Å². The summed E-state index contributed by atoms with van der Waals surface area (Å²) in [6.07, 6.45) is 4.92. The number of halogens is 2. The summed E-state index contributed by atoms with van der Waals surface area (Å²) >= 11 is 5.68. The van der Waals surface area contributed by atoms with Gasteiger partial charge in [-0.15, -0.1) is 0 Å². The van der Waals surface area contributed by atoms with Crippen molar-refractivity contribution < 1.29 is 4.39 Å². The van der Waals surface area contributed by atoms with Gasteiger partial charge < -0.3 is 5.32 Å². The van der Waals surface area contributed by atoms with Crippen LogP contribution in [0.2, 0.25) is 5.02 Å². The van der Waals surface area contributed by atoms with E-state index in [0.29, 0.717) is 6.04 Å². The molecule has 1 N–H and O–H groups in total. The largest absolute Gasteiger partial charge is 0.308 e. The van der Waals surface area contributed by atoms with Crippen LogP contribution < -0.4 is 5.32 Å². The molecule has 0 bridgehead atoms. The van der Waals surface area contributed by atoms with Crippen LogP contribution in [0.3, 0.4) is 0 Å². The van der Waals surface area contributed by atoms with Gasteiger partial charge in [-0.05, 0) is 38.0 Å². The molecule has 0 aliphatic heterocycles. The van der Waals surface area contributed by atoms with E-state index in [4.69, 9.17) is 11.6 Å². The minimum Gasteiger partial charge on any atom is -0.308 e. The van der Waals surface area contributed by atoms with Crippen molar-refractivity contribution in [2.24, 2.45) is 0 Å². The van der Waals surface area contributed by atoms with E-state index in [0.717, 1.165) is 12.0 Å². The number of hydrogen-bond acceptors (Lipinski definition) is 1. The Balaban J connectivity index is 2.48. The van der Waals surface area contributed by atoms with Crippen LogP contribution in [-0.4, -0.2) is 6.04 Å². The lowest BCUT2D eigenvalue weighted by atomic mass is 10.1. The van der Waals surface area contributed by atoms with Gasteiger partial charge in [0.2, 0.25) is 0 Å². The van der Waals surface area contributed by atoms with Gasteiger partial charge in [-0.1, -0.05) is 43.9 Å². The number of unbranched alkanes of at least 4 members (excludes halogenated alkanes) is 2. The fourth-order valence-corrected chi connectivity index (χ4v) is 2.21. The normalized spacial score (nSPS) is 14.5. The molecule has 0 radical (unpaired) electrons. The zero-order valence-electron chi connectivity index (χ0n) is 11.5. The molecule has 0 aliphatic carbocycles. The van der Waals surface area contributed by atoms with Gasteiger partial charge >= 0.3 is 0 Å². The molecule has 2 atom stereocenters. The Morgan fingerprint density at radius 2 is 2.00 bits per heavy atom. The van der Waals surface area contributed by atoms with E-state index < -0.39 is 0 Å². The van der Waals surface area contributed by atoms with Gasteiger partial charge in [-0.3, -0.25) is 0 Å². The molecule has 1 rings (SSSR count). The Morgan fingerprint density at radius 1 is 1.28 bits per heavy atom. The minimum absolute atomic E-state index is 0.147. The summed E-state index contributed by atoms with van der Waals surface area (Å²) in [5, 5.41) is 3.67. The van der Waals surface area contributed by atoms with Crippen LogP contribution >= 0.6 is 11.6 Å². The summed E-state index contributed by atoms with van der Waals surface area (Å²) < 4.78 is 13.4. The topological polar surface area (TPSA) is 12.0 Å². The molecule has 102 valence electrons. The Hall–Kier alpha value is -0.600. The highest BCUT2D eigenvalue weighted by Gasteiger charge is 2.11. The quantitative estimate of drug-likeness (QED) is 0.681. The molecule has 1 aromatic rings. The molecule has 0 heterocycles. The zero-order valence-corrected chi connectivity index (χ0v) is 12.2. The Kier molecular flexibility index (Phi) is 6.66. The molecule has 0 aliphatic rings. The summed E-state index contributed by atoms with van der Waals surface area (Å²) in [5.74, 6) is -0.346. The Bertz CT molecular complexity index is 368. The van der Waals surface area contributed by atoms with Gasteiger partial charge in [-0.25, -0.2) is 4.39 Å². The van der Waals surface area contributed by atoms with Crippen LogP contribution in [0.15, 0.2) is 18.2 Å². The third kappa shape index (κ3) is 4.95. The smallest absolute Gasteiger partial charge is 0.142 e. The van der Waals surface area contributed by atoms with Crippen molar-refractivity contribution in [3.63, 3.8) is 0 Å². The summed E-state index contributed by atoms with van der Waals surface area (Å²) in [6, 6.07) is 5.60. The SMILES string of the molecule is CCCCCC(C)NC(C)c1ccc(Cl)c(F)c1. The molecule has 1 nitrogen and oxygen atoms in total. The standard InChI is InChI=1S/C15H23ClFN/c1-4-5-6-7-11(2)18-12(3)13-8-9-14(16)15(17)10-13/h8-12,18H,4-7H2,1-3H3. The molecule has 3 heteroatoms. The van der Waals surface area contributed by atoms with Crippen LogP contribution in [0.5, 0.6) is 0 Å². The molecule has 2 unspecified atom stereocenters. The van der Waals surface area contributed by atoms with E-state index in [2.05, 4.69) is 26.1 Å². The van der Waals surface area contributed by atoms with Gasteiger partial charge in [0.15, 0.2) is 0 Å². The zero-order chi connectivity index (χ0) is 13.5. The highest BCUT2D eigenvalue weighted by atomic mass is 35.5. The average molecular weight is 272 g/mol. The van der Waals surface area contributed by atoms with Crippen LogP contribution in [0.4, 0.5) is 4.39 Å². The monoisotopic (exact) mass is 271 g/mol. The predicted octanol–water partition coefficient (Wildman–Crippen LogP) is 5.10. The molecular formula is C15H23ClFN. The fraction of sp³-hybridized carbons (Fsp3) is 0.600. The van der Waals surface area contributed by atoms with Crippen molar-refractivity contribution in [1.82, 2.24) is 5.32 Å². The van der Waals surface area contributed by atoms with Crippen molar-refractivity contribution >= 4 is 11.6 Å². The molecule has 0 saturated carbocycles. The molecule has 0 aromatic heterocycles. The molecule has 0 fully saturated rings. The van der Waals surface area contributed by atoms with E-state index in [-0.39, 0.29) is 16.9 Å². The van der Waals surface area contributed by atoms with Crippen LogP contribution in [0, 0.1) is 5.82 Å². The second-order valence-corrected chi connectivity index (χ2v) is 5.37. The van der Waals surface area contributed by atoms with E-state index in [1.54, 1.807) is 6.07 Å². The molecule has 0 spiro atoms. The van der Waals surface area contributed by atoms with E-state index in [1.807, 2.05) is 6.07 Å². The fourth-order valence-electron chi connectivity index (χ4n) is 2.09. The first-order valence-electron chi connectivity index (χ1n) is 6.75. The number of benzene rings is 1. The van der Waals surface area contributed by atoms with E-state index in [9.17, 15) is 4.39 Å². The lowest BCUT2D eigenvalue weighted by Crippen LogP contribution is -2.28. The summed E-state index contributed by atoms with van der Waals surface area (Å²) in [6.45, 7) is 6.44. The molecule has 1 aromatic carbocycles. The van der Waals surface area contributed by atoms with Crippen molar-refractivity contribution in [3.8, 4) is 0 Å². The number of rotatable bonds is 7. The highest BCUT2D eigenvalue weighted by molar-refractivity contribution is 6.30. The summed E-state index contributed by atoms with van der Waals surface area (Å²) in [5.41, 5.74) is 0.944. The van der Waals surface area contributed by atoms with Gasteiger partial charge in [0.25, 0.3) is 0 Å². The second-order valence-electron chi connectivity index (χ2n) is 4.96. The average Bonchev–Trinajstić information content (AvgIpc) is 2.33. The third-order valence-electron chi connectivity index (χ3n) is 3.22. The third-order valence-corrected chi connectivity index (χ3v) is 3.53. The van der Waals surface area contributed by atoms with Crippen LogP contribution in [0.25, 0.3) is 0 Å². The van der Waals surface area contributed by atoms with Gasteiger partial charge in [-0.2, -0.15) is 0 Å². The molecule has 0 amide bonds. The number of hydrogen-bond donors (Lipinski definition) is 1. The maximum atomic E-state index is 13.4. The maximum Gasteiger partial charge on any atom is 0.142 e. The predicted molar refractivity (Wildman–Crippen MR) is 76.6 cm³/mol. The van der Waals surface area contributed by atoms with Crippen molar-refractivity contribution in [1.29, 1.82) is 0 Å². The second kappa shape index (κ2) is 7.75. The summed E-state index contributed by atoms with van der Waals surface area (Å²) in [7, 11) is 0. The maximum absolute atomic E-state index is 13.4. The highest BCUT2D eigenvalue weighted by Crippen LogP contribution is 2.20. The first kappa shape index (κ1) is 15.5. The van der Waals surface area contributed by atoms with Crippen LogP contribution in [-0.2, 0) is 0 Å². The summed E-state index contributed by atoms with van der Waals surface area (Å²) in [4.78, 5) is 0.